The third-order valence-corrected chi connectivity index (χ3v) is 12.4. The molecule has 1 saturated heterocycles. The molecule has 1 aromatic carbocycles. The Bertz CT molecular complexity index is 1660. The molecule has 0 unspecified atom stereocenters. The molecule has 0 spiro atoms. The number of aromatic nitrogens is 2. The Balaban J connectivity index is 1.07. The maximum absolute atomic E-state index is 14.7. The molecule has 2 aromatic heterocycles. The van der Waals surface area contributed by atoms with Gasteiger partial charge in [0.05, 0.1) is 7.11 Å². The van der Waals surface area contributed by atoms with Gasteiger partial charge in [-0.1, -0.05) is 31.1 Å². The summed E-state index contributed by atoms with van der Waals surface area (Å²) in [5.74, 6) is 2.63. The normalized spacial score (nSPS) is 26.5. The van der Waals surface area contributed by atoms with E-state index in [1.165, 1.54) is 11.1 Å². The van der Waals surface area contributed by atoms with Gasteiger partial charge in [0.1, 0.15) is 29.1 Å². The first-order valence-electron chi connectivity index (χ1n) is 19.1. The molecular weight excluding hydrogens is 644 g/mol. The van der Waals surface area contributed by atoms with Gasteiger partial charge in [0, 0.05) is 55.5 Å². The average molecular weight is 699 g/mol. The van der Waals surface area contributed by atoms with E-state index in [1.54, 1.807) is 13.3 Å². The minimum Gasteiger partial charge on any atom is -0.496 e. The van der Waals surface area contributed by atoms with Gasteiger partial charge in [0.25, 0.3) is 0 Å². The first-order chi connectivity index (χ1) is 24.7. The van der Waals surface area contributed by atoms with Gasteiger partial charge in [0.2, 0.25) is 5.91 Å². The van der Waals surface area contributed by atoms with Gasteiger partial charge in [-0.15, -0.1) is 0 Å². The molecule has 8 rings (SSSR count). The monoisotopic (exact) mass is 698 g/mol. The van der Waals surface area contributed by atoms with E-state index >= 15 is 0 Å². The Hall–Kier alpha value is -3.92. The predicted molar refractivity (Wildman–Crippen MR) is 195 cm³/mol. The first-order valence-corrected chi connectivity index (χ1v) is 19.1. The Kier molecular flexibility index (Phi) is 10.4. The van der Waals surface area contributed by atoms with Crippen LogP contribution in [0.5, 0.6) is 5.75 Å². The lowest BCUT2D eigenvalue weighted by atomic mass is 9.51. The zero-order valence-corrected chi connectivity index (χ0v) is 30.7. The van der Waals surface area contributed by atoms with Gasteiger partial charge in [-0.3, -0.25) is 9.69 Å². The van der Waals surface area contributed by atoms with E-state index in [2.05, 4.69) is 49.4 Å². The molecule has 4 saturated carbocycles. The van der Waals surface area contributed by atoms with Gasteiger partial charge in [-0.2, -0.15) is 0 Å². The maximum Gasteiger partial charge on any atom is 0.407 e. The molecule has 1 aliphatic heterocycles. The van der Waals surface area contributed by atoms with Crippen molar-refractivity contribution in [3.63, 3.8) is 0 Å². The number of hydrogen-bond donors (Lipinski definition) is 1. The van der Waals surface area contributed by atoms with Crippen LogP contribution in [0.25, 0.3) is 11.3 Å². The second-order valence-corrected chi connectivity index (χ2v) is 16.0. The number of benzene rings is 1. The van der Waals surface area contributed by atoms with Gasteiger partial charge in [0.15, 0.2) is 0 Å². The number of ether oxygens (including phenoxy) is 3. The van der Waals surface area contributed by atoms with Crippen molar-refractivity contribution in [2.24, 2.45) is 11.3 Å². The molecule has 3 aromatic rings. The summed E-state index contributed by atoms with van der Waals surface area (Å²) in [6.07, 6.45) is 12.1. The number of amides is 2. The highest BCUT2D eigenvalue weighted by atomic mass is 16.6. The van der Waals surface area contributed by atoms with Gasteiger partial charge in [-0.05, 0) is 124 Å². The summed E-state index contributed by atoms with van der Waals surface area (Å²) in [4.78, 5) is 34.1. The smallest absolute Gasteiger partial charge is 0.407 e. The largest absolute Gasteiger partial charge is 0.496 e. The van der Waals surface area contributed by atoms with E-state index in [9.17, 15) is 9.59 Å². The quantitative estimate of drug-likeness (QED) is 0.225. The fraction of sp³-hybridized carbons (Fsp3) is 0.610. The SMILES string of the molecule is COc1ccc(C23CCC(CN(C(=O)C4CCC(OC(=O)NC5CCOCC5)CC4)c4cc(-c5cc(C(C)C)on5)ccn4)(CC2)CC3)cc1C. The van der Waals surface area contributed by atoms with Crippen molar-refractivity contribution < 1.29 is 28.3 Å². The molecule has 2 bridgehead atoms. The minimum absolute atomic E-state index is 0.0396. The number of anilines is 1. The van der Waals surface area contributed by atoms with E-state index in [4.69, 9.17) is 23.7 Å². The Morgan fingerprint density at radius 1 is 0.961 bits per heavy atom. The lowest BCUT2D eigenvalue weighted by Gasteiger charge is -2.55. The molecule has 5 aliphatic rings. The van der Waals surface area contributed by atoms with Crippen LogP contribution < -0.4 is 15.0 Å². The summed E-state index contributed by atoms with van der Waals surface area (Å²) in [6.45, 7) is 8.27. The van der Waals surface area contributed by atoms with Crippen molar-refractivity contribution in [3.8, 4) is 17.0 Å². The van der Waals surface area contributed by atoms with Crippen LogP contribution in [-0.4, -0.2) is 61.2 Å². The second kappa shape index (κ2) is 15.0. The molecule has 3 heterocycles. The van der Waals surface area contributed by atoms with Crippen molar-refractivity contribution in [2.45, 2.75) is 121 Å². The lowest BCUT2D eigenvalue weighted by molar-refractivity contribution is -0.124. The number of hydrogen-bond acceptors (Lipinski definition) is 8. The molecule has 0 atom stereocenters. The van der Waals surface area contributed by atoms with Crippen LogP contribution >= 0.6 is 0 Å². The van der Waals surface area contributed by atoms with Crippen molar-refractivity contribution >= 4 is 17.8 Å². The number of nitrogens with zero attached hydrogens (tertiary/aromatic N) is 3. The number of fused-ring (bicyclic) bond motifs is 3. The van der Waals surface area contributed by atoms with E-state index < -0.39 is 0 Å². The third-order valence-electron chi connectivity index (χ3n) is 12.4. The zero-order chi connectivity index (χ0) is 35.6. The highest BCUT2D eigenvalue weighted by Crippen LogP contribution is 2.58. The molecule has 2 amide bonds. The molecule has 10 nitrogen and oxygen atoms in total. The van der Waals surface area contributed by atoms with Gasteiger partial charge in [-0.25, -0.2) is 9.78 Å². The van der Waals surface area contributed by atoms with Crippen LogP contribution in [0.1, 0.15) is 114 Å². The van der Waals surface area contributed by atoms with Crippen LogP contribution in [0.4, 0.5) is 10.6 Å². The van der Waals surface area contributed by atoms with Crippen molar-refractivity contribution in [3.05, 3.63) is 59.5 Å². The second-order valence-electron chi connectivity index (χ2n) is 16.0. The number of carbonyl (C=O) groups is 2. The molecule has 1 N–H and O–H groups in total. The van der Waals surface area contributed by atoms with Crippen molar-refractivity contribution in [1.82, 2.24) is 15.5 Å². The Labute approximate surface area is 302 Å². The van der Waals surface area contributed by atoms with E-state index in [0.29, 0.717) is 51.3 Å². The molecule has 274 valence electrons. The maximum atomic E-state index is 14.7. The molecule has 51 heavy (non-hydrogen) atoms. The van der Waals surface area contributed by atoms with Gasteiger partial charge < -0.3 is 24.1 Å². The fourth-order valence-corrected chi connectivity index (χ4v) is 9.01. The fourth-order valence-electron chi connectivity index (χ4n) is 9.01. The summed E-state index contributed by atoms with van der Waals surface area (Å²) in [7, 11) is 1.73. The van der Waals surface area contributed by atoms with E-state index in [0.717, 1.165) is 74.1 Å². The van der Waals surface area contributed by atoms with Crippen LogP contribution in [0, 0.1) is 18.3 Å². The zero-order valence-electron chi connectivity index (χ0n) is 30.7. The Morgan fingerprint density at radius 3 is 2.33 bits per heavy atom. The lowest BCUT2D eigenvalue weighted by Crippen LogP contribution is -2.52. The van der Waals surface area contributed by atoms with E-state index in [-0.39, 0.29) is 46.8 Å². The number of alkyl carbamates (subject to hydrolysis) is 1. The van der Waals surface area contributed by atoms with E-state index in [1.807, 2.05) is 23.1 Å². The molecule has 10 heteroatoms. The number of methoxy groups -OCH3 is 1. The average Bonchev–Trinajstić information content (AvgIpc) is 3.66. The number of pyridine rings is 1. The van der Waals surface area contributed by atoms with Crippen LogP contribution in [0.3, 0.4) is 0 Å². The number of aryl methyl sites for hydroxylation is 1. The van der Waals surface area contributed by atoms with Crippen LogP contribution in [-0.2, 0) is 19.7 Å². The van der Waals surface area contributed by atoms with Crippen LogP contribution in [0.15, 0.2) is 47.1 Å². The third kappa shape index (κ3) is 7.66. The number of nitrogens with one attached hydrogen (secondary N) is 1. The summed E-state index contributed by atoms with van der Waals surface area (Å²) < 4.78 is 22.4. The van der Waals surface area contributed by atoms with Crippen LogP contribution in [0.2, 0.25) is 0 Å². The standard InChI is InChI=1S/C41H54N4O6/c1-27(2)36-25-34(44-51-36)30-11-20-42-37(24-30)45(38(46)29-5-8-33(9-6-29)50-39(47)43-32-12-21-49-22-13-32)26-40-14-17-41(18-15-40,19-16-40)31-7-10-35(48-4)28(3)23-31/h7,10-11,20,23-25,27,29,32-33H,5-6,8-9,12-19,21-22,26H2,1-4H3,(H,43,47). The highest BCUT2D eigenvalue weighted by molar-refractivity contribution is 5.95. The topological polar surface area (TPSA) is 116 Å². The summed E-state index contributed by atoms with van der Waals surface area (Å²) >= 11 is 0. The van der Waals surface area contributed by atoms with Gasteiger partial charge >= 0.3 is 6.09 Å². The predicted octanol–water partition coefficient (Wildman–Crippen LogP) is 8.27. The van der Waals surface area contributed by atoms with Crippen molar-refractivity contribution in [1.29, 1.82) is 0 Å². The molecule has 5 fully saturated rings. The first kappa shape index (κ1) is 35.5. The Morgan fingerprint density at radius 2 is 1.69 bits per heavy atom. The van der Waals surface area contributed by atoms with Crippen molar-refractivity contribution in [2.75, 3.05) is 31.8 Å². The number of rotatable bonds is 10. The molecule has 4 aliphatic carbocycles. The molecular formula is C41H54N4O6. The summed E-state index contributed by atoms with van der Waals surface area (Å²) in [5.41, 5.74) is 4.46. The highest BCUT2D eigenvalue weighted by Gasteiger charge is 2.51. The molecule has 0 radical (unpaired) electrons. The minimum atomic E-state index is -0.359. The number of carbonyl (C=O) groups excluding carboxylic acids is 2. The summed E-state index contributed by atoms with van der Waals surface area (Å²) in [6, 6.07) is 12.7. The summed E-state index contributed by atoms with van der Waals surface area (Å²) in [5, 5.41) is 7.35.